The molecule has 13 heavy (non-hydrogen) atoms. The molecule has 0 unspecified atom stereocenters. The number of pyridine rings is 1. The number of fused-ring (bicyclic) bond motifs is 1. The Kier molecular flexibility index (Phi) is 1.73. The van der Waals surface area contributed by atoms with Gasteiger partial charge in [0.15, 0.2) is 0 Å². The number of nitrogens with one attached hydrogen (secondary N) is 1. The summed E-state index contributed by atoms with van der Waals surface area (Å²) in [6.07, 6.45) is 1.83. The van der Waals surface area contributed by atoms with Gasteiger partial charge in [-0.2, -0.15) is 0 Å². The van der Waals surface area contributed by atoms with E-state index in [1.165, 1.54) is 6.07 Å². The van der Waals surface area contributed by atoms with Crippen LogP contribution in [0.5, 0.6) is 0 Å². The van der Waals surface area contributed by atoms with Gasteiger partial charge >= 0.3 is 0 Å². The molecule has 0 bridgehead atoms. The highest BCUT2D eigenvalue weighted by atomic mass is 32.1. The minimum atomic E-state index is -0.164. The van der Waals surface area contributed by atoms with Crippen molar-refractivity contribution in [2.75, 3.05) is 0 Å². The van der Waals surface area contributed by atoms with Gasteiger partial charge in [0.1, 0.15) is 5.65 Å². The van der Waals surface area contributed by atoms with Gasteiger partial charge in [-0.3, -0.25) is 4.79 Å². The van der Waals surface area contributed by atoms with E-state index in [0.717, 1.165) is 5.39 Å². The van der Waals surface area contributed by atoms with E-state index in [0.29, 0.717) is 10.4 Å². The van der Waals surface area contributed by atoms with Crippen molar-refractivity contribution in [1.29, 1.82) is 0 Å². The summed E-state index contributed by atoms with van der Waals surface area (Å²) < 4.78 is 2.19. The molecule has 0 aliphatic carbocycles. The lowest BCUT2D eigenvalue weighted by Gasteiger charge is -1.99. The van der Waals surface area contributed by atoms with Gasteiger partial charge in [-0.1, -0.05) is 0 Å². The highest BCUT2D eigenvalue weighted by Gasteiger charge is 1.96. The molecule has 1 N–H and O–H groups in total. The number of aromatic amines is 1. The first-order chi connectivity index (χ1) is 6.16. The first-order valence-corrected chi connectivity index (χ1v) is 4.14. The van der Waals surface area contributed by atoms with E-state index >= 15 is 0 Å². The van der Waals surface area contributed by atoms with E-state index in [-0.39, 0.29) is 5.56 Å². The van der Waals surface area contributed by atoms with E-state index in [4.69, 9.17) is 12.2 Å². The van der Waals surface area contributed by atoms with Gasteiger partial charge < -0.3 is 9.55 Å². The lowest BCUT2D eigenvalue weighted by Crippen LogP contribution is -2.05. The summed E-state index contributed by atoms with van der Waals surface area (Å²) >= 11 is 4.95. The summed E-state index contributed by atoms with van der Waals surface area (Å²) in [7, 11) is 1.82. The number of hydrogen-bond acceptors (Lipinski definition) is 3. The zero-order chi connectivity index (χ0) is 9.42. The summed E-state index contributed by atoms with van der Waals surface area (Å²) in [6, 6.07) is 3.18. The van der Waals surface area contributed by atoms with Gasteiger partial charge in [0, 0.05) is 24.7 Å². The molecule has 2 heterocycles. The van der Waals surface area contributed by atoms with Gasteiger partial charge in [-0.05, 0) is 18.3 Å². The largest absolute Gasteiger partial charge is 0.326 e. The van der Waals surface area contributed by atoms with Crippen LogP contribution in [0.2, 0.25) is 0 Å². The molecule has 0 spiro atoms. The van der Waals surface area contributed by atoms with Crippen LogP contribution in [0.3, 0.4) is 0 Å². The maximum Gasteiger partial charge on any atom is 0.249 e. The molecule has 2 aromatic rings. The van der Waals surface area contributed by atoms with Crippen LogP contribution in [0.25, 0.3) is 11.0 Å². The third-order valence-corrected chi connectivity index (χ3v) is 2.15. The molecule has 2 rings (SSSR count). The van der Waals surface area contributed by atoms with Crippen LogP contribution in [0.4, 0.5) is 0 Å². The quantitative estimate of drug-likeness (QED) is 0.635. The number of hydrogen-bond donors (Lipinski definition) is 1. The zero-order valence-corrected chi connectivity index (χ0v) is 7.76. The van der Waals surface area contributed by atoms with E-state index in [1.54, 1.807) is 10.6 Å². The van der Waals surface area contributed by atoms with Gasteiger partial charge in [0.05, 0.1) is 0 Å². The van der Waals surface area contributed by atoms with E-state index in [1.807, 2.05) is 13.2 Å². The maximum absolute atomic E-state index is 10.9. The van der Waals surface area contributed by atoms with Crippen LogP contribution >= 0.6 is 12.2 Å². The molecule has 0 fully saturated rings. The van der Waals surface area contributed by atoms with Crippen LogP contribution in [-0.2, 0) is 7.05 Å². The smallest absolute Gasteiger partial charge is 0.249 e. The second-order valence-electron chi connectivity index (χ2n) is 2.76. The molecule has 0 radical (unpaired) electrons. The zero-order valence-electron chi connectivity index (χ0n) is 6.94. The molecule has 2 aromatic heterocycles. The van der Waals surface area contributed by atoms with Crippen LogP contribution < -0.4 is 5.56 Å². The average Bonchev–Trinajstić information content (AvgIpc) is 2.08. The van der Waals surface area contributed by atoms with Crippen LogP contribution in [0.15, 0.2) is 23.1 Å². The minimum absolute atomic E-state index is 0.164. The van der Waals surface area contributed by atoms with Crippen molar-refractivity contribution in [2.45, 2.75) is 0 Å². The fourth-order valence-electron chi connectivity index (χ4n) is 1.11. The monoisotopic (exact) mass is 193 g/mol. The second-order valence-corrected chi connectivity index (χ2v) is 3.13. The number of aryl methyl sites for hydroxylation is 1. The molecule has 4 nitrogen and oxygen atoms in total. The fraction of sp³-hybridized carbons (Fsp3) is 0.125. The van der Waals surface area contributed by atoms with E-state index in [9.17, 15) is 4.79 Å². The maximum atomic E-state index is 10.9. The summed E-state index contributed by atoms with van der Waals surface area (Å²) in [6.45, 7) is 0. The Hall–Kier alpha value is -1.49. The topological polar surface area (TPSA) is 50.7 Å². The predicted octanol–water partition coefficient (Wildman–Crippen LogP) is 0.991. The molecule has 0 aliphatic heterocycles. The Morgan fingerprint density at radius 2 is 2.31 bits per heavy atom. The molecular formula is C8H7N3OS. The molecule has 0 amide bonds. The van der Waals surface area contributed by atoms with Gasteiger partial charge in [-0.25, -0.2) is 4.98 Å². The number of rotatable bonds is 0. The molecule has 66 valence electrons. The van der Waals surface area contributed by atoms with Crippen LogP contribution in [0.1, 0.15) is 0 Å². The number of aromatic nitrogens is 3. The molecule has 0 aromatic carbocycles. The molecule has 0 saturated carbocycles. The van der Waals surface area contributed by atoms with Gasteiger partial charge in [0.2, 0.25) is 10.3 Å². The fourth-order valence-corrected chi connectivity index (χ4v) is 1.25. The van der Waals surface area contributed by atoms with E-state index < -0.39 is 0 Å². The molecule has 5 heteroatoms. The van der Waals surface area contributed by atoms with E-state index in [2.05, 4.69) is 9.97 Å². The SMILES string of the molecule is Cn1cc2ccc(=O)[nH]c2nc1=S. The van der Waals surface area contributed by atoms with Crippen molar-refractivity contribution in [3.05, 3.63) is 33.5 Å². The van der Waals surface area contributed by atoms with Gasteiger partial charge in [0.25, 0.3) is 0 Å². The Morgan fingerprint density at radius 3 is 3.08 bits per heavy atom. The summed E-state index contributed by atoms with van der Waals surface area (Å²) in [5, 5.41) is 0.871. The Bertz CT molecular complexity index is 569. The molecule has 0 saturated heterocycles. The lowest BCUT2D eigenvalue weighted by atomic mass is 10.3. The Balaban J connectivity index is 2.97. The highest BCUT2D eigenvalue weighted by Crippen LogP contribution is 2.04. The molecular weight excluding hydrogens is 186 g/mol. The third-order valence-electron chi connectivity index (χ3n) is 1.77. The number of nitrogens with zero attached hydrogens (tertiary/aromatic N) is 2. The van der Waals surface area contributed by atoms with Crippen molar-refractivity contribution in [3.63, 3.8) is 0 Å². The van der Waals surface area contributed by atoms with Crippen molar-refractivity contribution >= 4 is 23.3 Å². The average molecular weight is 193 g/mol. The summed E-state index contributed by atoms with van der Waals surface area (Å²) in [4.78, 5) is 17.6. The van der Waals surface area contributed by atoms with Crippen molar-refractivity contribution < 1.29 is 0 Å². The first kappa shape index (κ1) is 8.12. The normalized spacial score (nSPS) is 10.5. The van der Waals surface area contributed by atoms with Crippen LogP contribution in [-0.4, -0.2) is 14.5 Å². The predicted molar refractivity (Wildman–Crippen MR) is 52.2 cm³/mol. The number of H-pyrrole nitrogens is 1. The highest BCUT2D eigenvalue weighted by molar-refractivity contribution is 7.71. The van der Waals surface area contributed by atoms with Crippen LogP contribution in [0, 0.1) is 4.77 Å². The second kappa shape index (κ2) is 2.77. The first-order valence-electron chi connectivity index (χ1n) is 3.73. The van der Waals surface area contributed by atoms with Crippen molar-refractivity contribution in [1.82, 2.24) is 14.5 Å². The van der Waals surface area contributed by atoms with Crippen molar-refractivity contribution in [2.24, 2.45) is 7.05 Å². The standard InChI is InChI=1S/C8H7N3OS/c1-11-4-5-2-3-6(12)9-7(5)10-8(11)13/h2-4H,1H3,(H,9,10,12,13). The third kappa shape index (κ3) is 1.38. The molecule has 0 aliphatic rings. The Morgan fingerprint density at radius 1 is 1.54 bits per heavy atom. The Labute approximate surface area is 78.9 Å². The molecule has 0 atom stereocenters. The summed E-state index contributed by atoms with van der Waals surface area (Å²) in [5.41, 5.74) is 0.374. The summed E-state index contributed by atoms with van der Waals surface area (Å²) in [5.74, 6) is 0. The van der Waals surface area contributed by atoms with Gasteiger partial charge in [-0.15, -0.1) is 0 Å². The lowest BCUT2D eigenvalue weighted by molar-refractivity contribution is 0.856. The minimum Gasteiger partial charge on any atom is -0.326 e. The van der Waals surface area contributed by atoms with Crippen molar-refractivity contribution in [3.8, 4) is 0 Å².